The first-order chi connectivity index (χ1) is 12.5. The summed E-state index contributed by atoms with van der Waals surface area (Å²) in [5.41, 5.74) is 1.11. The molecule has 1 atom stereocenters. The lowest BCUT2D eigenvalue weighted by atomic mass is 10.1. The van der Waals surface area contributed by atoms with Gasteiger partial charge in [0.25, 0.3) is 0 Å². The summed E-state index contributed by atoms with van der Waals surface area (Å²) in [4.78, 5) is 12.4. The average Bonchev–Trinajstić information content (AvgIpc) is 3.04. The largest absolute Gasteiger partial charge is 0.494 e. The van der Waals surface area contributed by atoms with Crippen LogP contribution >= 0.6 is 11.3 Å². The number of thiophene rings is 1. The number of ether oxygens (including phenoxy) is 2. The van der Waals surface area contributed by atoms with Gasteiger partial charge in [0.15, 0.2) is 0 Å². The standard InChI is InChI=1S/C21H23NO3S/c1-4-24-18-6-8-19(9-7-18)25-13-16-5-10-20-17(11-16)12-21(26-20)14(2)22-15(3)23/h5-12,14H,4,13H2,1-3H3,(H,22,23). The molecule has 0 saturated heterocycles. The molecule has 5 heteroatoms. The molecule has 3 rings (SSSR count). The Bertz CT molecular complexity index is 886. The topological polar surface area (TPSA) is 47.6 Å². The Morgan fingerprint density at radius 2 is 1.77 bits per heavy atom. The molecule has 1 N–H and O–H groups in total. The van der Waals surface area contributed by atoms with Crippen LogP contribution in [0.3, 0.4) is 0 Å². The van der Waals surface area contributed by atoms with Gasteiger partial charge in [-0.05, 0) is 67.3 Å². The molecule has 3 aromatic rings. The van der Waals surface area contributed by atoms with Crippen molar-refractivity contribution < 1.29 is 14.3 Å². The maximum atomic E-state index is 11.2. The first-order valence-electron chi connectivity index (χ1n) is 8.70. The van der Waals surface area contributed by atoms with Crippen LogP contribution in [0.2, 0.25) is 0 Å². The maximum absolute atomic E-state index is 11.2. The normalized spacial score (nSPS) is 12.0. The molecule has 1 heterocycles. The van der Waals surface area contributed by atoms with Crippen molar-refractivity contribution in [3.63, 3.8) is 0 Å². The molecule has 1 amide bonds. The van der Waals surface area contributed by atoms with Gasteiger partial charge in [-0.15, -0.1) is 11.3 Å². The number of benzene rings is 2. The van der Waals surface area contributed by atoms with Crippen molar-refractivity contribution in [2.24, 2.45) is 0 Å². The zero-order valence-corrected chi connectivity index (χ0v) is 16.1. The molecule has 136 valence electrons. The SMILES string of the molecule is CCOc1ccc(OCc2ccc3sc(C(C)NC(C)=O)cc3c2)cc1. The Morgan fingerprint density at radius 3 is 2.42 bits per heavy atom. The third-order valence-corrected chi connectivity index (χ3v) is 5.29. The van der Waals surface area contributed by atoms with Crippen LogP contribution in [0.4, 0.5) is 0 Å². The van der Waals surface area contributed by atoms with Crippen molar-refractivity contribution in [1.29, 1.82) is 0 Å². The fourth-order valence-electron chi connectivity index (χ4n) is 2.76. The lowest BCUT2D eigenvalue weighted by molar-refractivity contribution is -0.119. The number of amides is 1. The van der Waals surface area contributed by atoms with E-state index in [2.05, 4.69) is 29.6 Å². The predicted molar refractivity (Wildman–Crippen MR) is 106 cm³/mol. The van der Waals surface area contributed by atoms with Crippen molar-refractivity contribution >= 4 is 27.3 Å². The van der Waals surface area contributed by atoms with Crippen molar-refractivity contribution in [2.75, 3.05) is 6.61 Å². The van der Waals surface area contributed by atoms with Crippen molar-refractivity contribution in [1.82, 2.24) is 5.32 Å². The van der Waals surface area contributed by atoms with Gasteiger partial charge in [-0.2, -0.15) is 0 Å². The van der Waals surface area contributed by atoms with E-state index in [9.17, 15) is 4.79 Å². The highest BCUT2D eigenvalue weighted by molar-refractivity contribution is 7.19. The Kier molecular flexibility index (Phi) is 5.78. The smallest absolute Gasteiger partial charge is 0.217 e. The molecule has 0 spiro atoms. The molecule has 0 aliphatic rings. The Hall–Kier alpha value is -2.53. The molecule has 0 bridgehead atoms. The number of fused-ring (bicyclic) bond motifs is 1. The number of rotatable bonds is 7. The molecular weight excluding hydrogens is 346 g/mol. The Balaban J connectivity index is 1.67. The van der Waals surface area contributed by atoms with Crippen LogP contribution in [0, 0.1) is 0 Å². The average molecular weight is 369 g/mol. The molecule has 26 heavy (non-hydrogen) atoms. The van der Waals surface area contributed by atoms with Gasteiger partial charge in [0.05, 0.1) is 12.6 Å². The van der Waals surface area contributed by atoms with Crippen LogP contribution in [0.5, 0.6) is 11.5 Å². The minimum Gasteiger partial charge on any atom is -0.494 e. The number of carbonyl (C=O) groups is 1. The fourth-order valence-corrected chi connectivity index (χ4v) is 3.81. The summed E-state index contributed by atoms with van der Waals surface area (Å²) >= 11 is 1.71. The summed E-state index contributed by atoms with van der Waals surface area (Å²) in [7, 11) is 0. The lowest BCUT2D eigenvalue weighted by Gasteiger charge is -2.09. The molecule has 0 saturated carbocycles. The maximum Gasteiger partial charge on any atom is 0.217 e. The van der Waals surface area contributed by atoms with Gasteiger partial charge in [-0.25, -0.2) is 0 Å². The predicted octanol–water partition coefficient (Wildman–Crippen LogP) is 5.08. The second-order valence-corrected chi connectivity index (χ2v) is 7.25. The third kappa shape index (κ3) is 4.55. The van der Waals surface area contributed by atoms with Crippen molar-refractivity contribution in [2.45, 2.75) is 33.4 Å². The highest BCUT2D eigenvalue weighted by atomic mass is 32.1. The van der Waals surface area contributed by atoms with Gasteiger partial charge in [0.1, 0.15) is 18.1 Å². The van der Waals surface area contributed by atoms with E-state index in [4.69, 9.17) is 9.47 Å². The summed E-state index contributed by atoms with van der Waals surface area (Å²) < 4.78 is 12.5. The van der Waals surface area contributed by atoms with Crippen molar-refractivity contribution in [3.05, 3.63) is 59.0 Å². The van der Waals surface area contributed by atoms with Crippen LogP contribution in [0.25, 0.3) is 10.1 Å². The summed E-state index contributed by atoms with van der Waals surface area (Å²) in [6.07, 6.45) is 0. The van der Waals surface area contributed by atoms with E-state index in [0.717, 1.165) is 21.9 Å². The zero-order chi connectivity index (χ0) is 18.5. The Morgan fingerprint density at radius 1 is 1.08 bits per heavy atom. The molecule has 0 aliphatic carbocycles. The zero-order valence-electron chi connectivity index (χ0n) is 15.2. The number of nitrogens with one attached hydrogen (secondary N) is 1. The highest BCUT2D eigenvalue weighted by Gasteiger charge is 2.11. The van der Waals surface area contributed by atoms with E-state index in [0.29, 0.717) is 13.2 Å². The molecule has 1 unspecified atom stereocenters. The van der Waals surface area contributed by atoms with E-state index in [1.165, 1.54) is 10.1 Å². The third-order valence-electron chi connectivity index (χ3n) is 3.99. The number of hydrogen-bond acceptors (Lipinski definition) is 4. The molecule has 0 fully saturated rings. The Labute approximate surface area is 157 Å². The first-order valence-corrected chi connectivity index (χ1v) is 9.52. The summed E-state index contributed by atoms with van der Waals surface area (Å²) in [6.45, 7) is 6.68. The second-order valence-electron chi connectivity index (χ2n) is 6.14. The van der Waals surface area contributed by atoms with Crippen LogP contribution in [-0.2, 0) is 11.4 Å². The summed E-state index contributed by atoms with van der Waals surface area (Å²) in [5, 5.41) is 4.11. The van der Waals surface area contributed by atoms with Crippen LogP contribution < -0.4 is 14.8 Å². The minimum absolute atomic E-state index is 0.0144. The van der Waals surface area contributed by atoms with Crippen LogP contribution in [-0.4, -0.2) is 12.5 Å². The summed E-state index contributed by atoms with van der Waals surface area (Å²) in [6, 6.07) is 16.2. The molecule has 0 radical (unpaired) electrons. The van der Waals surface area contributed by atoms with Gasteiger partial charge in [-0.3, -0.25) is 4.79 Å². The fraction of sp³-hybridized carbons (Fsp3) is 0.286. The first kappa shape index (κ1) is 18.3. The number of carbonyl (C=O) groups excluding carboxylic acids is 1. The van der Waals surface area contributed by atoms with Crippen molar-refractivity contribution in [3.8, 4) is 11.5 Å². The van der Waals surface area contributed by atoms with Gasteiger partial charge >= 0.3 is 0 Å². The molecule has 4 nitrogen and oxygen atoms in total. The van der Waals surface area contributed by atoms with E-state index in [-0.39, 0.29) is 11.9 Å². The van der Waals surface area contributed by atoms with Crippen LogP contribution in [0.1, 0.15) is 37.3 Å². The minimum atomic E-state index is -0.0144. The van der Waals surface area contributed by atoms with E-state index in [1.807, 2.05) is 38.1 Å². The molecular formula is C21H23NO3S. The molecule has 1 aromatic heterocycles. The highest BCUT2D eigenvalue weighted by Crippen LogP contribution is 2.31. The molecule has 2 aromatic carbocycles. The number of hydrogen-bond donors (Lipinski definition) is 1. The van der Waals surface area contributed by atoms with Gasteiger partial charge in [-0.1, -0.05) is 6.07 Å². The second kappa shape index (κ2) is 8.23. The van der Waals surface area contributed by atoms with Gasteiger partial charge in [0.2, 0.25) is 5.91 Å². The van der Waals surface area contributed by atoms with E-state index < -0.39 is 0 Å². The summed E-state index contributed by atoms with van der Waals surface area (Å²) in [5.74, 6) is 1.65. The lowest BCUT2D eigenvalue weighted by Crippen LogP contribution is -2.22. The van der Waals surface area contributed by atoms with E-state index >= 15 is 0 Å². The van der Waals surface area contributed by atoms with Crippen LogP contribution in [0.15, 0.2) is 48.5 Å². The van der Waals surface area contributed by atoms with Gasteiger partial charge < -0.3 is 14.8 Å². The monoisotopic (exact) mass is 369 g/mol. The van der Waals surface area contributed by atoms with Gasteiger partial charge in [0, 0.05) is 16.5 Å². The molecule has 0 aliphatic heterocycles. The van der Waals surface area contributed by atoms with E-state index in [1.54, 1.807) is 18.3 Å². The quantitative estimate of drug-likeness (QED) is 0.632.